The van der Waals surface area contributed by atoms with Gasteiger partial charge in [0, 0.05) is 0 Å². The molecule has 0 heterocycles. The fourth-order valence-corrected chi connectivity index (χ4v) is 0.416. The van der Waals surface area contributed by atoms with Crippen molar-refractivity contribution < 1.29 is 40.9 Å². The molecule has 0 saturated heterocycles. The number of nitrogens with two attached hydrogens (primary N) is 1. The number of primary amides is 1. The number of carbonyl (C=O) groups excluding carboxylic acids is 1. The van der Waals surface area contributed by atoms with Gasteiger partial charge >= 0.3 is 29.6 Å². The van der Waals surface area contributed by atoms with Crippen LogP contribution in [0, 0.1) is 0 Å². The molecule has 0 saturated carbocycles. The molecule has 9 heavy (non-hydrogen) atoms. The standard InChI is InChI=1S/C5H11NO2.Na.H/c1-2-3-4(7)5(6)8;;/h4,7H,2-3H2,1H3,(H2,6,8);;/q;+1;-1. The first kappa shape index (κ1) is 12.1. The molecule has 0 spiro atoms. The van der Waals surface area contributed by atoms with Crippen LogP contribution in [0.5, 0.6) is 0 Å². The average molecular weight is 141 g/mol. The zero-order valence-corrected chi connectivity index (χ0v) is 7.92. The number of hydrogen-bond acceptors (Lipinski definition) is 2. The molecule has 1 atom stereocenters. The molecule has 0 radical (unpaired) electrons. The summed E-state index contributed by atoms with van der Waals surface area (Å²) < 4.78 is 0. The van der Waals surface area contributed by atoms with E-state index in [0.717, 1.165) is 6.42 Å². The minimum Gasteiger partial charge on any atom is -1.00 e. The summed E-state index contributed by atoms with van der Waals surface area (Å²) in [4.78, 5) is 10.1. The van der Waals surface area contributed by atoms with Gasteiger partial charge in [-0.1, -0.05) is 13.3 Å². The summed E-state index contributed by atoms with van der Waals surface area (Å²) in [5, 5.41) is 8.65. The zero-order valence-electron chi connectivity index (χ0n) is 6.92. The van der Waals surface area contributed by atoms with Crippen LogP contribution in [0.1, 0.15) is 21.2 Å². The molecule has 0 aliphatic carbocycles. The number of hydrogen-bond donors (Lipinski definition) is 2. The first-order valence-corrected chi connectivity index (χ1v) is 2.66. The molecule has 0 aliphatic rings. The molecule has 0 aromatic heterocycles. The third-order valence-corrected chi connectivity index (χ3v) is 0.891. The number of carbonyl (C=O) groups is 1. The molecule has 4 heteroatoms. The maximum absolute atomic E-state index is 10.1. The van der Waals surface area contributed by atoms with Crippen molar-refractivity contribution in [2.75, 3.05) is 0 Å². The molecule has 50 valence electrons. The van der Waals surface area contributed by atoms with Crippen molar-refractivity contribution in [3.63, 3.8) is 0 Å². The molecule has 1 unspecified atom stereocenters. The van der Waals surface area contributed by atoms with Crippen LogP contribution in [0.4, 0.5) is 0 Å². The van der Waals surface area contributed by atoms with E-state index >= 15 is 0 Å². The summed E-state index contributed by atoms with van der Waals surface area (Å²) in [7, 11) is 0. The summed E-state index contributed by atoms with van der Waals surface area (Å²) in [6, 6.07) is 0. The van der Waals surface area contributed by atoms with Gasteiger partial charge in [-0.25, -0.2) is 0 Å². The second-order valence-corrected chi connectivity index (χ2v) is 1.71. The van der Waals surface area contributed by atoms with Gasteiger partial charge in [0.15, 0.2) is 0 Å². The first-order valence-electron chi connectivity index (χ1n) is 2.66. The molecular formula is C5H12NNaO2. The quantitative estimate of drug-likeness (QED) is 0.405. The molecule has 3 N–H and O–H groups in total. The van der Waals surface area contributed by atoms with Crippen molar-refractivity contribution in [1.29, 1.82) is 0 Å². The summed E-state index contributed by atoms with van der Waals surface area (Å²) in [6.45, 7) is 1.88. The van der Waals surface area contributed by atoms with E-state index in [0.29, 0.717) is 6.42 Å². The van der Waals surface area contributed by atoms with Crippen molar-refractivity contribution in [2.24, 2.45) is 5.73 Å². The minimum atomic E-state index is -0.944. The SMILES string of the molecule is CCCC(O)C(N)=O.[H-].[Na+]. The van der Waals surface area contributed by atoms with Crippen molar-refractivity contribution in [2.45, 2.75) is 25.9 Å². The van der Waals surface area contributed by atoms with Gasteiger partial charge in [0.1, 0.15) is 6.10 Å². The number of aliphatic hydroxyl groups excluding tert-OH is 1. The van der Waals surface area contributed by atoms with Crippen LogP contribution in [0.2, 0.25) is 0 Å². The van der Waals surface area contributed by atoms with Gasteiger partial charge in [0.05, 0.1) is 0 Å². The van der Waals surface area contributed by atoms with E-state index in [4.69, 9.17) is 10.8 Å². The van der Waals surface area contributed by atoms with E-state index in [1.807, 2.05) is 6.92 Å². The van der Waals surface area contributed by atoms with Crippen LogP contribution in [-0.2, 0) is 4.79 Å². The predicted molar refractivity (Wildman–Crippen MR) is 31.2 cm³/mol. The van der Waals surface area contributed by atoms with Gasteiger partial charge in [0.25, 0.3) is 0 Å². The van der Waals surface area contributed by atoms with Crippen molar-refractivity contribution in [1.82, 2.24) is 0 Å². The van der Waals surface area contributed by atoms with E-state index < -0.39 is 12.0 Å². The fourth-order valence-electron chi connectivity index (χ4n) is 0.416. The van der Waals surface area contributed by atoms with E-state index in [2.05, 4.69) is 0 Å². The molecule has 0 aromatic carbocycles. The van der Waals surface area contributed by atoms with Gasteiger partial charge in [-0.2, -0.15) is 0 Å². The van der Waals surface area contributed by atoms with E-state index in [-0.39, 0.29) is 31.0 Å². The van der Waals surface area contributed by atoms with Crippen molar-refractivity contribution in [3.8, 4) is 0 Å². The Morgan fingerprint density at radius 2 is 2.33 bits per heavy atom. The monoisotopic (exact) mass is 141 g/mol. The van der Waals surface area contributed by atoms with Crippen LogP contribution in [0.25, 0.3) is 0 Å². The van der Waals surface area contributed by atoms with Gasteiger partial charge in [0.2, 0.25) is 5.91 Å². The Morgan fingerprint density at radius 3 is 2.44 bits per heavy atom. The third kappa shape index (κ3) is 6.31. The van der Waals surface area contributed by atoms with Crippen LogP contribution in [0.3, 0.4) is 0 Å². The van der Waals surface area contributed by atoms with Gasteiger partial charge in [-0.15, -0.1) is 0 Å². The molecule has 0 aromatic rings. The summed E-state index contributed by atoms with van der Waals surface area (Å²) in [5.41, 5.74) is 4.73. The summed E-state index contributed by atoms with van der Waals surface area (Å²) in [5.74, 6) is -0.633. The number of amides is 1. The van der Waals surface area contributed by atoms with Crippen LogP contribution in [-0.4, -0.2) is 17.1 Å². The molecule has 3 nitrogen and oxygen atoms in total. The largest absolute Gasteiger partial charge is 1.00 e. The Morgan fingerprint density at radius 1 is 1.89 bits per heavy atom. The second-order valence-electron chi connectivity index (χ2n) is 1.71. The minimum absolute atomic E-state index is 0. The van der Waals surface area contributed by atoms with Crippen LogP contribution >= 0.6 is 0 Å². The summed E-state index contributed by atoms with van der Waals surface area (Å²) in [6.07, 6.45) is 0.305. The van der Waals surface area contributed by atoms with Crippen molar-refractivity contribution in [3.05, 3.63) is 0 Å². The maximum Gasteiger partial charge on any atom is 1.00 e. The first-order chi connectivity index (χ1) is 3.68. The number of aliphatic hydroxyl groups is 1. The van der Waals surface area contributed by atoms with Crippen LogP contribution in [0.15, 0.2) is 0 Å². The Balaban J connectivity index is -0.000000245. The normalized spacial score (nSPS) is 11.8. The topological polar surface area (TPSA) is 63.3 Å². The van der Waals surface area contributed by atoms with Gasteiger partial charge < -0.3 is 12.3 Å². The van der Waals surface area contributed by atoms with E-state index in [9.17, 15) is 4.79 Å². The van der Waals surface area contributed by atoms with Gasteiger partial charge in [-0.3, -0.25) is 4.79 Å². The molecule has 0 bridgehead atoms. The Hall–Kier alpha value is 0.430. The molecule has 1 amide bonds. The van der Waals surface area contributed by atoms with Crippen LogP contribution < -0.4 is 35.3 Å². The average Bonchev–Trinajstić information content (AvgIpc) is 1.67. The Kier molecular flexibility index (Phi) is 8.83. The third-order valence-electron chi connectivity index (χ3n) is 0.891. The van der Waals surface area contributed by atoms with Gasteiger partial charge in [-0.05, 0) is 6.42 Å². The zero-order chi connectivity index (χ0) is 6.57. The molecule has 0 aliphatic heterocycles. The molecule has 0 rings (SSSR count). The fraction of sp³-hybridized carbons (Fsp3) is 0.800. The van der Waals surface area contributed by atoms with E-state index in [1.54, 1.807) is 0 Å². The smallest absolute Gasteiger partial charge is 1.00 e. The molecular weight excluding hydrogens is 129 g/mol. The Labute approximate surface area is 78.4 Å². The number of rotatable bonds is 3. The predicted octanol–water partition coefficient (Wildman–Crippen LogP) is -3.25. The van der Waals surface area contributed by atoms with E-state index in [1.165, 1.54) is 0 Å². The maximum atomic E-state index is 10.1. The molecule has 0 fully saturated rings. The Bertz CT molecular complexity index is 91.7. The summed E-state index contributed by atoms with van der Waals surface area (Å²) >= 11 is 0. The van der Waals surface area contributed by atoms with Crippen molar-refractivity contribution >= 4 is 5.91 Å². The second kappa shape index (κ2) is 6.55.